The molecule has 10 heteroatoms. The van der Waals surface area contributed by atoms with Gasteiger partial charge in [-0.1, -0.05) is 30.3 Å². The molecule has 168 valence electrons. The standard InChI is InChI=1S/C23H22N6O3S/c24-21-20(23-29-28-22(32-23)16-5-2-1-3-6-16)27-19(14-26-21)15-8-10-17(11-9-15)33(30,31)18-7-4-12-25-13-18/h1-3,5-6,8-11,14,18,25H,4,7,12-13H2,(H2,24,26). The molecule has 9 nitrogen and oxygen atoms in total. The molecule has 0 amide bonds. The maximum Gasteiger partial charge on any atom is 0.270 e. The van der Waals surface area contributed by atoms with Gasteiger partial charge >= 0.3 is 0 Å². The van der Waals surface area contributed by atoms with Gasteiger partial charge < -0.3 is 15.5 Å². The summed E-state index contributed by atoms with van der Waals surface area (Å²) in [5, 5.41) is 10.9. The van der Waals surface area contributed by atoms with E-state index in [1.807, 2.05) is 30.3 Å². The third-order valence-electron chi connectivity index (χ3n) is 5.62. The van der Waals surface area contributed by atoms with Crippen LogP contribution in [-0.2, 0) is 9.84 Å². The van der Waals surface area contributed by atoms with Crippen LogP contribution in [0.25, 0.3) is 34.3 Å². The minimum atomic E-state index is -3.39. The summed E-state index contributed by atoms with van der Waals surface area (Å²) >= 11 is 0. The molecule has 2 aromatic carbocycles. The Labute approximate surface area is 191 Å². The first-order valence-electron chi connectivity index (χ1n) is 10.6. The van der Waals surface area contributed by atoms with Crippen LogP contribution in [0.5, 0.6) is 0 Å². The third-order valence-corrected chi connectivity index (χ3v) is 7.83. The lowest BCUT2D eigenvalue weighted by Crippen LogP contribution is -2.38. The Bertz CT molecular complexity index is 1370. The summed E-state index contributed by atoms with van der Waals surface area (Å²) in [7, 11) is -3.39. The Morgan fingerprint density at radius 3 is 2.45 bits per heavy atom. The highest BCUT2D eigenvalue weighted by Crippen LogP contribution is 2.29. The number of hydrogen-bond donors (Lipinski definition) is 2. The second-order valence-corrected chi connectivity index (χ2v) is 10.0. The van der Waals surface area contributed by atoms with Gasteiger partial charge in [-0.25, -0.2) is 18.4 Å². The van der Waals surface area contributed by atoms with E-state index in [0.29, 0.717) is 35.0 Å². The lowest BCUT2D eigenvalue weighted by atomic mass is 10.1. The molecular weight excluding hydrogens is 440 g/mol. The van der Waals surface area contributed by atoms with Crippen LogP contribution >= 0.6 is 0 Å². The Morgan fingerprint density at radius 1 is 0.970 bits per heavy atom. The van der Waals surface area contributed by atoms with E-state index in [0.717, 1.165) is 18.5 Å². The van der Waals surface area contributed by atoms with Crippen molar-refractivity contribution in [2.75, 3.05) is 18.8 Å². The fourth-order valence-electron chi connectivity index (χ4n) is 3.80. The summed E-state index contributed by atoms with van der Waals surface area (Å²) in [4.78, 5) is 9.08. The summed E-state index contributed by atoms with van der Waals surface area (Å²) in [6.45, 7) is 1.34. The summed E-state index contributed by atoms with van der Waals surface area (Å²) in [5.41, 5.74) is 8.29. The van der Waals surface area contributed by atoms with Crippen LogP contribution in [0, 0.1) is 0 Å². The molecular formula is C23H22N6O3S. The number of nitrogens with two attached hydrogens (primary N) is 1. The molecule has 1 saturated heterocycles. The molecule has 2 aromatic heterocycles. The zero-order chi connectivity index (χ0) is 22.8. The van der Waals surface area contributed by atoms with Crippen molar-refractivity contribution >= 4 is 15.7 Å². The van der Waals surface area contributed by atoms with Gasteiger partial charge in [0.25, 0.3) is 5.89 Å². The minimum Gasteiger partial charge on any atom is -0.414 e. The fraction of sp³-hybridized carbons (Fsp3) is 0.217. The average Bonchev–Trinajstić information content (AvgIpc) is 3.36. The number of piperidine rings is 1. The number of benzene rings is 2. The van der Waals surface area contributed by atoms with E-state index < -0.39 is 15.1 Å². The lowest BCUT2D eigenvalue weighted by Gasteiger charge is -2.22. The molecule has 1 aliphatic heterocycles. The zero-order valence-corrected chi connectivity index (χ0v) is 18.5. The SMILES string of the molecule is Nc1ncc(-c2ccc(S(=O)(=O)C3CCCNC3)cc2)nc1-c1nnc(-c2ccccc2)o1. The molecule has 1 unspecified atom stereocenters. The molecule has 0 spiro atoms. The van der Waals surface area contributed by atoms with Gasteiger partial charge in [0.05, 0.1) is 22.0 Å². The highest BCUT2D eigenvalue weighted by molar-refractivity contribution is 7.92. The number of rotatable bonds is 5. The molecule has 0 aliphatic carbocycles. The van der Waals surface area contributed by atoms with Crippen molar-refractivity contribution in [2.45, 2.75) is 23.0 Å². The highest BCUT2D eigenvalue weighted by Gasteiger charge is 2.28. The smallest absolute Gasteiger partial charge is 0.270 e. The van der Waals surface area contributed by atoms with E-state index in [2.05, 4.69) is 25.5 Å². The Kier molecular flexibility index (Phi) is 5.61. The molecule has 3 heterocycles. The van der Waals surface area contributed by atoms with Crippen molar-refractivity contribution in [1.82, 2.24) is 25.5 Å². The number of sulfone groups is 1. The van der Waals surface area contributed by atoms with Crippen LogP contribution < -0.4 is 11.1 Å². The van der Waals surface area contributed by atoms with Crippen LogP contribution in [0.3, 0.4) is 0 Å². The highest BCUT2D eigenvalue weighted by atomic mass is 32.2. The van der Waals surface area contributed by atoms with Crippen LogP contribution in [0.2, 0.25) is 0 Å². The zero-order valence-electron chi connectivity index (χ0n) is 17.7. The van der Waals surface area contributed by atoms with E-state index in [9.17, 15) is 8.42 Å². The van der Waals surface area contributed by atoms with Crippen LogP contribution in [0.15, 0.2) is 70.1 Å². The molecule has 5 rings (SSSR count). The minimum absolute atomic E-state index is 0.157. The largest absolute Gasteiger partial charge is 0.414 e. The molecule has 33 heavy (non-hydrogen) atoms. The molecule has 1 aliphatic rings. The number of nitrogen functional groups attached to an aromatic ring is 1. The van der Waals surface area contributed by atoms with E-state index in [4.69, 9.17) is 10.2 Å². The quantitative estimate of drug-likeness (QED) is 0.458. The van der Waals surface area contributed by atoms with Crippen molar-refractivity contribution < 1.29 is 12.8 Å². The number of nitrogens with one attached hydrogen (secondary N) is 1. The number of hydrogen-bond acceptors (Lipinski definition) is 9. The summed E-state index contributed by atoms with van der Waals surface area (Å²) < 4.78 is 31.6. The van der Waals surface area contributed by atoms with Crippen molar-refractivity contribution in [3.63, 3.8) is 0 Å². The van der Waals surface area contributed by atoms with E-state index in [1.165, 1.54) is 6.20 Å². The van der Waals surface area contributed by atoms with Crippen LogP contribution in [0.4, 0.5) is 5.82 Å². The van der Waals surface area contributed by atoms with Crippen molar-refractivity contribution in [1.29, 1.82) is 0 Å². The Morgan fingerprint density at radius 2 is 1.73 bits per heavy atom. The van der Waals surface area contributed by atoms with Crippen molar-refractivity contribution in [3.8, 4) is 34.3 Å². The van der Waals surface area contributed by atoms with Crippen molar-refractivity contribution in [2.24, 2.45) is 0 Å². The monoisotopic (exact) mass is 462 g/mol. The van der Waals surface area contributed by atoms with E-state index in [1.54, 1.807) is 24.3 Å². The molecule has 0 radical (unpaired) electrons. The molecule has 0 bridgehead atoms. The molecule has 3 N–H and O–H groups in total. The number of aromatic nitrogens is 4. The van der Waals surface area contributed by atoms with Gasteiger partial charge in [-0.05, 0) is 43.7 Å². The average molecular weight is 463 g/mol. The second-order valence-electron chi connectivity index (χ2n) is 7.81. The first-order valence-corrected chi connectivity index (χ1v) is 12.1. The van der Waals surface area contributed by atoms with Crippen LogP contribution in [0.1, 0.15) is 12.8 Å². The number of nitrogens with zero attached hydrogens (tertiary/aromatic N) is 4. The maximum absolute atomic E-state index is 12.9. The van der Waals surface area contributed by atoms with Gasteiger partial charge in [-0.3, -0.25) is 0 Å². The fourth-order valence-corrected chi connectivity index (χ4v) is 5.52. The van der Waals surface area contributed by atoms with E-state index >= 15 is 0 Å². The normalized spacial score (nSPS) is 16.5. The maximum atomic E-state index is 12.9. The van der Waals surface area contributed by atoms with Crippen molar-refractivity contribution in [3.05, 3.63) is 60.8 Å². The summed E-state index contributed by atoms with van der Waals surface area (Å²) in [6, 6.07) is 16.0. The predicted molar refractivity (Wildman–Crippen MR) is 124 cm³/mol. The lowest BCUT2D eigenvalue weighted by molar-refractivity contribution is 0.497. The Hall–Kier alpha value is -3.63. The van der Waals surface area contributed by atoms with Gasteiger partial charge in [-0.15, -0.1) is 10.2 Å². The van der Waals surface area contributed by atoms with Gasteiger partial charge in [0.15, 0.2) is 21.3 Å². The molecule has 0 saturated carbocycles. The van der Waals surface area contributed by atoms with Gasteiger partial charge in [0.2, 0.25) is 5.89 Å². The summed E-state index contributed by atoms with van der Waals surface area (Å²) in [6.07, 6.45) is 3.05. The van der Waals surface area contributed by atoms with Gasteiger partial charge in [-0.2, -0.15) is 0 Å². The van der Waals surface area contributed by atoms with Gasteiger partial charge in [0, 0.05) is 17.7 Å². The Balaban J connectivity index is 1.43. The topological polar surface area (TPSA) is 137 Å². The predicted octanol–water partition coefficient (Wildman–Crippen LogP) is 2.97. The number of anilines is 1. The molecule has 1 fully saturated rings. The molecule has 1 atom stereocenters. The van der Waals surface area contributed by atoms with E-state index in [-0.39, 0.29) is 17.4 Å². The first kappa shape index (κ1) is 21.2. The third kappa shape index (κ3) is 4.22. The first-order chi connectivity index (χ1) is 16.0. The second kappa shape index (κ2) is 8.72. The molecule has 4 aromatic rings. The van der Waals surface area contributed by atoms with Crippen LogP contribution in [-0.4, -0.2) is 46.9 Å². The summed E-state index contributed by atoms with van der Waals surface area (Å²) in [5.74, 6) is 0.666. The van der Waals surface area contributed by atoms with Gasteiger partial charge in [0.1, 0.15) is 0 Å².